The summed E-state index contributed by atoms with van der Waals surface area (Å²) in [5, 5.41) is 29.0. The number of phenolic OH excluding ortho intramolecular Hbond substituents is 3. The van der Waals surface area contributed by atoms with E-state index in [0.29, 0.717) is 5.56 Å². The Labute approximate surface area is 121 Å². The molecule has 2 aromatic carbocycles. The number of methoxy groups -OCH3 is 1. The molecule has 0 saturated carbocycles. The van der Waals surface area contributed by atoms with Crippen molar-refractivity contribution >= 4 is 11.9 Å². The standard InChI is InChI=1S/C16H14O5/c1-21-16-14(19)11(9-13(18)15(16)20)7-8-12(17)10-5-3-2-4-6-10/h2-9,18-20H,1H3. The number of ether oxygens (including phenoxy) is 1. The Morgan fingerprint density at radius 3 is 2.38 bits per heavy atom. The smallest absolute Gasteiger partial charge is 0.207 e. The maximum atomic E-state index is 11.9. The minimum Gasteiger partial charge on any atom is -0.504 e. The first-order valence-electron chi connectivity index (χ1n) is 6.14. The number of carbonyl (C=O) groups is 1. The van der Waals surface area contributed by atoms with Crippen LogP contribution in [0, 0.1) is 0 Å². The quantitative estimate of drug-likeness (QED) is 0.348. The molecule has 0 bridgehead atoms. The Bertz CT molecular complexity index is 690. The first-order chi connectivity index (χ1) is 10.0. The normalized spacial score (nSPS) is 10.7. The maximum absolute atomic E-state index is 11.9. The Morgan fingerprint density at radius 1 is 1.10 bits per heavy atom. The molecule has 0 unspecified atom stereocenters. The molecule has 0 aliphatic rings. The van der Waals surface area contributed by atoms with Crippen LogP contribution >= 0.6 is 0 Å². The van der Waals surface area contributed by atoms with Crippen LogP contribution in [0.25, 0.3) is 6.08 Å². The van der Waals surface area contributed by atoms with E-state index >= 15 is 0 Å². The van der Waals surface area contributed by atoms with E-state index in [4.69, 9.17) is 4.74 Å². The third kappa shape index (κ3) is 2.97. The number of rotatable bonds is 4. The molecule has 21 heavy (non-hydrogen) atoms. The second kappa shape index (κ2) is 6.00. The lowest BCUT2D eigenvalue weighted by Gasteiger charge is -2.09. The first-order valence-corrected chi connectivity index (χ1v) is 6.14. The number of hydrogen-bond donors (Lipinski definition) is 3. The molecule has 0 saturated heterocycles. The van der Waals surface area contributed by atoms with Gasteiger partial charge in [-0.25, -0.2) is 0 Å². The first kappa shape index (κ1) is 14.5. The summed E-state index contributed by atoms with van der Waals surface area (Å²) in [4.78, 5) is 11.9. The van der Waals surface area contributed by atoms with Gasteiger partial charge in [-0.1, -0.05) is 30.3 Å². The largest absolute Gasteiger partial charge is 0.504 e. The summed E-state index contributed by atoms with van der Waals surface area (Å²) in [6.45, 7) is 0. The van der Waals surface area contributed by atoms with Crippen LogP contribution in [-0.2, 0) is 0 Å². The van der Waals surface area contributed by atoms with Gasteiger partial charge in [-0.2, -0.15) is 0 Å². The highest BCUT2D eigenvalue weighted by atomic mass is 16.5. The molecular weight excluding hydrogens is 272 g/mol. The van der Waals surface area contributed by atoms with Gasteiger partial charge in [-0.15, -0.1) is 0 Å². The van der Waals surface area contributed by atoms with Gasteiger partial charge in [0, 0.05) is 11.1 Å². The van der Waals surface area contributed by atoms with Crippen molar-refractivity contribution in [3.05, 3.63) is 53.6 Å². The van der Waals surface area contributed by atoms with Gasteiger partial charge in [-0.05, 0) is 18.2 Å². The zero-order valence-electron chi connectivity index (χ0n) is 11.3. The number of hydrogen-bond acceptors (Lipinski definition) is 5. The lowest BCUT2D eigenvalue weighted by molar-refractivity contribution is 0.104. The highest BCUT2D eigenvalue weighted by Gasteiger charge is 2.16. The predicted octanol–water partition coefficient (Wildman–Crippen LogP) is 2.71. The van der Waals surface area contributed by atoms with Gasteiger partial charge < -0.3 is 20.1 Å². The lowest BCUT2D eigenvalue weighted by Crippen LogP contribution is -1.93. The fourth-order valence-corrected chi connectivity index (χ4v) is 1.83. The average molecular weight is 286 g/mol. The number of ketones is 1. The third-order valence-corrected chi connectivity index (χ3v) is 2.92. The monoisotopic (exact) mass is 286 g/mol. The molecule has 0 aliphatic carbocycles. The Morgan fingerprint density at radius 2 is 1.76 bits per heavy atom. The zero-order valence-corrected chi connectivity index (χ0v) is 11.3. The summed E-state index contributed by atoms with van der Waals surface area (Å²) < 4.78 is 4.81. The molecule has 0 fully saturated rings. The van der Waals surface area contributed by atoms with Crippen LogP contribution in [0.15, 0.2) is 42.5 Å². The Balaban J connectivity index is 2.34. The third-order valence-electron chi connectivity index (χ3n) is 2.92. The second-order valence-electron chi connectivity index (χ2n) is 4.28. The number of carbonyl (C=O) groups excluding carboxylic acids is 1. The van der Waals surface area contributed by atoms with E-state index in [9.17, 15) is 20.1 Å². The summed E-state index contributed by atoms with van der Waals surface area (Å²) in [6, 6.07) is 9.77. The van der Waals surface area contributed by atoms with Crippen molar-refractivity contribution < 1.29 is 24.9 Å². The molecule has 0 aliphatic heterocycles. The molecule has 3 N–H and O–H groups in total. The molecule has 0 amide bonds. The molecule has 5 nitrogen and oxygen atoms in total. The highest BCUT2D eigenvalue weighted by Crippen LogP contribution is 2.45. The SMILES string of the molecule is COc1c(O)c(O)cc(C=CC(=O)c2ccccc2)c1O. The van der Waals surface area contributed by atoms with Gasteiger partial charge >= 0.3 is 0 Å². The fraction of sp³-hybridized carbons (Fsp3) is 0.0625. The van der Waals surface area contributed by atoms with Crippen LogP contribution in [0.5, 0.6) is 23.0 Å². The molecule has 0 aromatic heterocycles. The predicted molar refractivity (Wildman–Crippen MR) is 77.8 cm³/mol. The molecule has 5 heteroatoms. The summed E-state index contributed by atoms with van der Waals surface area (Å²) in [7, 11) is 1.25. The topological polar surface area (TPSA) is 87.0 Å². The Kier molecular flexibility index (Phi) is 4.13. The molecule has 2 aromatic rings. The van der Waals surface area contributed by atoms with Gasteiger partial charge in [0.1, 0.15) is 0 Å². The molecule has 0 heterocycles. The van der Waals surface area contributed by atoms with Crippen molar-refractivity contribution in [2.45, 2.75) is 0 Å². The lowest BCUT2D eigenvalue weighted by atomic mass is 10.1. The number of allylic oxidation sites excluding steroid dienone is 1. The molecule has 0 radical (unpaired) electrons. The molecule has 2 rings (SSSR count). The van der Waals surface area contributed by atoms with E-state index < -0.39 is 11.5 Å². The van der Waals surface area contributed by atoms with Gasteiger partial charge in [0.05, 0.1) is 7.11 Å². The van der Waals surface area contributed by atoms with Crippen LogP contribution < -0.4 is 4.74 Å². The Hall–Kier alpha value is -2.95. The van der Waals surface area contributed by atoms with Crippen LogP contribution in [0.3, 0.4) is 0 Å². The van der Waals surface area contributed by atoms with Crippen molar-refractivity contribution in [1.82, 2.24) is 0 Å². The van der Waals surface area contributed by atoms with Crippen molar-refractivity contribution in [2.24, 2.45) is 0 Å². The summed E-state index contributed by atoms with van der Waals surface area (Å²) in [6.07, 6.45) is 2.60. The second-order valence-corrected chi connectivity index (χ2v) is 4.28. The van der Waals surface area contributed by atoms with Crippen LogP contribution in [0.2, 0.25) is 0 Å². The van der Waals surface area contributed by atoms with E-state index in [0.717, 1.165) is 6.07 Å². The van der Waals surface area contributed by atoms with E-state index in [2.05, 4.69) is 0 Å². The zero-order chi connectivity index (χ0) is 15.4. The van der Waals surface area contributed by atoms with Gasteiger partial charge in [0.2, 0.25) is 11.5 Å². The van der Waals surface area contributed by atoms with Crippen LogP contribution in [0.1, 0.15) is 15.9 Å². The van der Waals surface area contributed by atoms with Gasteiger partial charge in [0.25, 0.3) is 0 Å². The minimum absolute atomic E-state index is 0.159. The van der Waals surface area contributed by atoms with Crippen molar-refractivity contribution in [2.75, 3.05) is 7.11 Å². The fourth-order valence-electron chi connectivity index (χ4n) is 1.83. The average Bonchev–Trinajstić information content (AvgIpc) is 2.51. The highest BCUT2D eigenvalue weighted by molar-refractivity contribution is 6.07. The van der Waals surface area contributed by atoms with E-state index in [-0.39, 0.29) is 22.8 Å². The van der Waals surface area contributed by atoms with E-state index in [1.807, 2.05) is 0 Å². The number of aromatic hydroxyl groups is 3. The van der Waals surface area contributed by atoms with E-state index in [1.54, 1.807) is 30.3 Å². The number of benzene rings is 2. The molecular formula is C16H14O5. The van der Waals surface area contributed by atoms with Gasteiger partial charge in [-0.3, -0.25) is 4.79 Å². The molecule has 108 valence electrons. The van der Waals surface area contributed by atoms with Crippen molar-refractivity contribution in [3.8, 4) is 23.0 Å². The summed E-state index contributed by atoms with van der Waals surface area (Å²) in [5.74, 6) is -1.86. The molecule has 0 spiro atoms. The van der Waals surface area contributed by atoms with Crippen molar-refractivity contribution in [1.29, 1.82) is 0 Å². The van der Waals surface area contributed by atoms with Crippen LogP contribution in [0.4, 0.5) is 0 Å². The summed E-state index contributed by atoms with van der Waals surface area (Å²) in [5.41, 5.74) is 0.662. The van der Waals surface area contributed by atoms with E-state index in [1.165, 1.54) is 19.3 Å². The van der Waals surface area contributed by atoms with Crippen LogP contribution in [-0.4, -0.2) is 28.2 Å². The molecule has 0 atom stereocenters. The van der Waals surface area contributed by atoms with Gasteiger partial charge in [0.15, 0.2) is 17.3 Å². The summed E-state index contributed by atoms with van der Waals surface area (Å²) >= 11 is 0. The maximum Gasteiger partial charge on any atom is 0.207 e. The van der Waals surface area contributed by atoms with Crippen molar-refractivity contribution in [3.63, 3.8) is 0 Å². The number of phenols is 3. The minimum atomic E-state index is -0.554.